The first-order chi connectivity index (χ1) is 31.7. The number of aromatic nitrogens is 4. The number of anilines is 2. The van der Waals surface area contributed by atoms with E-state index >= 15 is 0 Å². The first-order valence-corrected chi connectivity index (χ1v) is 23.1. The summed E-state index contributed by atoms with van der Waals surface area (Å²) >= 11 is 0. The van der Waals surface area contributed by atoms with Crippen LogP contribution in [0.2, 0.25) is 0 Å². The lowest BCUT2D eigenvalue weighted by atomic mass is 9.98. The van der Waals surface area contributed by atoms with Gasteiger partial charge in [0.2, 0.25) is 11.8 Å². The molecular formula is C48H54N12O5. The average Bonchev–Trinajstić information content (AvgIpc) is 3.87. The highest BCUT2D eigenvalue weighted by atomic mass is 16.5. The van der Waals surface area contributed by atoms with E-state index in [1.165, 1.54) is 6.33 Å². The van der Waals surface area contributed by atoms with Gasteiger partial charge in [0.1, 0.15) is 35.4 Å². The Morgan fingerprint density at radius 1 is 0.738 bits per heavy atom. The third-order valence-electron chi connectivity index (χ3n) is 14.5. The highest BCUT2D eigenvalue weighted by Gasteiger charge is 2.41. The second-order valence-corrected chi connectivity index (χ2v) is 18.3. The fraction of sp³-hybridized carbons (Fsp3) is 0.438. The monoisotopic (exact) mass is 878 g/mol. The molecule has 1 unspecified atom stereocenters. The quantitative estimate of drug-likeness (QED) is 0.211. The van der Waals surface area contributed by atoms with Gasteiger partial charge in [0.15, 0.2) is 5.65 Å². The second-order valence-electron chi connectivity index (χ2n) is 18.3. The van der Waals surface area contributed by atoms with Crippen molar-refractivity contribution < 1.29 is 23.9 Å². The van der Waals surface area contributed by atoms with Crippen molar-refractivity contribution in [2.45, 2.75) is 69.2 Å². The number of nitrogens with two attached hydrogens (primary N) is 1. The number of nitrogens with one attached hydrogen (secondary N) is 1. The minimum Gasteiger partial charge on any atom is -0.457 e. The van der Waals surface area contributed by atoms with Gasteiger partial charge in [0.25, 0.3) is 5.91 Å². The number of urea groups is 1. The Morgan fingerprint density at radius 2 is 1.51 bits per heavy atom. The molecule has 336 valence electrons. The number of amides is 5. The summed E-state index contributed by atoms with van der Waals surface area (Å²) in [5, 5.41) is 8.31. The van der Waals surface area contributed by atoms with E-state index in [0.29, 0.717) is 36.4 Å². The van der Waals surface area contributed by atoms with Gasteiger partial charge in [0.05, 0.1) is 11.4 Å². The molecule has 2 atom stereocenters. The summed E-state index contributed by atoms with van der Waals surface area (Å²) in [7, 11) is 0. The zero-order valence-corrected chi connectivity index (χ0v) is 36.4. The fourth-order valence-corrected chi connectivity index (χ4v) is 10.8. The van der Waals surface area contributed by atoms with E-state index in [4.69, 9.17) is 20.6 Å². The number of rotatable bonds is 8. The van der Waals surface area contributed by atoms with Crippen molar-refractivity contribution in [1.29, 1.82) is 0 Å². The maximum atomic E-state index is 13.7. The maximum Gasteiger partial charge on any atom is 0.320 e. The number of fused-ring (bicyclic) bond motifs is 2. The molecule has 0 saturated carbocycles. The molecule has 17 nitrogen and oxygen atoms in total. The van der Waals surface area contributed by atoms with Gasteiger partial charge in [-0.05, 0) is 98.8 Å². The molecule has 0 spiro atoms. The molecule has 2 aromatic heterocycles. The van der Waals surface area contributed by atoms with Crippen LogP contribution in [0, 0.1) is 0 Å². The number of para-hydroxylation sites is 1. The molecule has 11 rings (SSSR count). The van der Waals surface area contributed by atoms with E-state index in [2.05, 4.69) is 40.6 Å². The van der Waals surface area contributed by atoms with Crippen LogP contribution >= 0.6 is 0 Å². The van der Waals surface area contributed by atoms with Crippen molar-refractivity contribution in [1.82, 2.24) is 49.6 Å². The lowest BCUT2D eigenvalue weighted by molar-refractivity contribution is -0.136. The summed E-state index contributed by atoms with van der Waals surface area (Å²) in [4.78, 5) is 73.2. The van der Waals surface area contributed by atoms with E-state index in [0.717, 1.165) is 136 Å². The molecule has 65 heavy (non-hydrogen) atoms. The van der Waals surface area contributed by atoms with Gasteiger partial charge in [0, 0.05) is 101 Å². The Bertz CT molecular complexity index is 2620. The zero-order valence-electron chi connectivity index (χ0n) is 36.4. The number of hydrogen-bond donors (Lipinski definition) is 2. The Morgan fingerprint density at radius 3 is 2.28 bits per heavy atom. The minimum atomic E-state index is -0.616. The molecule has 5 fully saturated rings. The first kappa shape index (κ1) is 41.1. The van der Waals surface area contributed by atoms with E-state index in [1.54, 1.807) is 4.90 Å². The number of piperazine rings is 1. The summed E-state index contributed by atoms with van der Waals surface area (Å²) in [6.07, 6.45) is 6.05. The van der Waals surface area contributed by atoms with E-state index in [1.807, 2.05) is 71.6 Å². The molecule has 17 heteroatoms. The van der Waals surface area contributed by atoms with E-state index in [-0.39, 0.29) is 30.3 Å². The van der Waals surface area contributed by atoms with Crippen LogP contribution in [0.15, 0.2) is 79.1 Å². The second kappa shape index (κ2) is 17.1. The van der Waals surface area contributed by atoms with Gasteiger partial charge in [-0.1, -0.05) is 18.2 Å². The van der Waals surface area contributed by atoms with Gasteiger partial charge >= 0.3 is 6.03 Å². The molecule has 3 aromatic carbocycles. The fourth-order valence-electron chi connectivity index (χ4n) is 10.8. The third-order valence-corrected chi connectivity index (χ3v) is 14.5. The van der Waals surface area contributed by atoms with Crippen LogP contribution in [0.3, 0.4) is 0 Å². The third kappa shape index (κ3) is 7.90. The van der Waals surface area contributed by atoms with Gasteiger partial charge in [-0.2, -0.15) is 5.10 Å². The van der Waals surface area contributed by atoms with Crippen LogP contribution in [0.5, 0.6) is 11.5 Å². The maximum absolute atomic E-state index is 13.7. The molecule has 6 aliphatic rings. The number of piperidine rings is 3. The summed E-state index contributed by atoms with van der Waals surface area (Å²) in [5.74, 6) is 1.10. The molecule has 5 aromatic rings. The smallest absolute Gasteiger partial charge is 0.320 e. The normalized spacial score (nSPS) is 22.6. The number of ether oxygens (including phenoxy) is 1. The molecule has 6 aliphatic heterocycles. The number of carbonyl (C=O) groups is 4. The van der Waals surface area contributed by atoms with Crippen LogP contribution in [0.4, 0.5) is 16.3 Å². The van der Waals surface area contributed by atoms with Crippen molar-refractivity contribution in [3.8, 4) is 22.8 Å². The highest BCUT2D eigenvalue weighted by Crippen LogP contribution is 2.37. The van der Waals surface area contributed by atoms with Crippen molar-refractivity contribution >= 4 is 46.3 Å². The SMILES string of the molecule is Nc1ncnc2c1c(-c1ccc(Oc3ccccc3)cc1)nn2[C@@H]1CCCN(C2CCN(C(=O)N3CC(N4CCN(c5ccc6c(c5)CN(C5CCC(=O)NC5=O)C6=O)CC4)C3)CC2)C1. The summed E-state index contributed by atoms with van der Waals surface area (Å²) < 4.78 is 8.10. The molecule has 0 bridgehead atoms. The Hall–Kier alpha value is -6.59. The summed E-state index contributed by atoms with van der Waals surface area (Å²) in [6.45, 7) is 8.80. The van der Waals surface area contributed by atoms with Crippen molar-refractivity contribution in [2.24, 2.45) is 0 Å². The van der Waals surface area contributed by atoms with Crippen LogP contribution in [-0.4, -0.2) is 152 Å². The standard InChI is InChI=1S/C48H54N12O5/c49-44-42-43(31-8-11-38(12-9-31)65-37-6-2-1-3-7-37)53-60(45(42)51-30-50-44)35-5-4-18-57(27-35)33-16-19-56(20-17-33)48(64)58-28-36(29-58)55-23-21-54(22-24-55)34-10-13-39-32(25-34)26-59(47(39)63)40-14-15-41(61)52-46(40)62/h1-3,6-13,25,30,33,35-36,40H,4-5,14-24,26-29H2,(H2,49,50,51)(H,52,61,62)/t35-,40?/m1/s1. The van der Waals surface area contributed by atoms with Crippen LogP contribution in [-0.2, 0) is 16.1 Å². The largest absolute Gasteiger partial charge is 0.457 e. The number of likely N-dealkylation sites (tertiary alicyclic amines) is 3. The van der Waals surface area contributed by atoms with Crippen molar-refractivity contribution in [3.05, 3.63) is 90.3 Å². The zero-order chi connectivity index (χ0) is 44.2. The molecule has 5 saturated heterocycles. The number of nitrogen functional groups attached to an aromatic ring is 1. The Balaban J connectivity index is 0.656. The predicted molar refractivity (Wildman–Crippen MR) is 243 cm³/mol. The number of benzene rings is 3. The van der Waals surface area contributed by atoms with Gasteiger partial charge in [-0.25, -0.2) is 19.4 Å². The first-order valence-electron chi connectivity index (χ1n) is 23.1. The Labute approximate surface area is 377 Å². The number of carbonyl (C=O) groups excluding carboxylic acids is 4. The van der Waals surface area contributed by atoms with Crippen molar-refractivity contribution in [2.75, 3.05) is 76.1 Å². The Kier molecular flexibility index (Phi) is 10.8. The average molecular weight is 879 g/mol. The lowest BCUT2D eigenvalue weighted by Gasteiger charge is -2.50. The van der Waals surface area contributed by atoms with Gasteiger partial charge in [-0.3, -0.25) is 29.5 Å². The topological polar surface area (TPSA) is 179 Å². The molecule has 3 N–H and O–H groups in total. The predicted octanol–water partition coefficient (Wildman–Crippen LogP) is 4.36. The van der Waals surface area contributed by atoms with Gasteiger partial charge in [-0.15, -0.1) is 0 Å². The summed E-state index contributed by atoms with van der Waals surface area (Å²) in [6, 6.07) is 24.0. The molecule has 0 aliphatic carbocycles. The highest BCUT2D eigenvalue weighted by molar-refractivity contribution is 6.05. The van der Waals surface area contributed by atoms with Crippen LogP contribution in [0.25, 0.3) is 22.3 Å². The molecular weight excluding hydrogens is 825 g/mol. The summed E-state index contributed by atoms with van der Waals surface area (Å²) in [5.41, 5.74) is 11.6. The lowest BCUT2D eigenvalue weighted by Crippen LogP contribution is -2.66. The van der Waals surface area contributed by atoms with Crippen LogP contribution in [0.1, 0.15) is 60.5 Å². The van der Waals surface area contributed by atoms with Gasteiger partial charge < -0.3 is 30.1 Å². The van der Waals surface area contributed by atoms with Crippen LogP contribution < -0.4 is 20.7 Å². The number of hydrogen-bond acceptors (Lipinski definition) is 12. The van der Waals surface area contributed by atoms with E-state index < -0.39 is 11.9 Å². The molecule has 0 radical (unpaired) electrons. The molecule has 5 amide bonds. The number of imide groups is 1. The van der Waals surface area contributed by atoms with E-state index in [9.17, 15) is 19.2 Å². The van der Waals surface area contributed by atoms with Crippen molar-refractivity contribution in [3.63, 3.8) is 0 Å². The number of nitrogens with zero attached hydrogens (tertiary/aromatic N) is 10. The minimum absolute atomic E-state index is 0.131. The molecule has 8 heterocycles.